The number of nitrogens with one attached hydrogen (secondary N) is 1. The fraction of sp³-hybridized carbons (Fsp3) is 0.500. The quantitative estimate of drug-likeness (QED) is 0.244. The number of aliphatic carboxylic acids is 1. The Morgan fingerprint density at radius 1 is 1.27 bits per heavy atom. The molecule has 0 aromatic heterocycles. The van der Waals surface area contributed by atoms with E-state index >= 15 is 0 Å². The Morgan fingerprint density at radius 2 is 1.85 bits per heavy atom. The minimum absolute atomic E-state index is 0.0681. The SMILES string of the molecule is C=C/C(C)=C\C/C(=C\C[N+](=O)[O-])[N+](=O)[O-].CC(C)CC(NC=O)C(=O)O. The molecular weight excluding hydrogens is 346 g/mol. The largest absolute Gasteiger partial charge is 0.480 e. The molecule has 0 radical (unpaired) electrons. The number of amides is 1. The summed E-state index contributed by atoms with van der Waals surface area (Å²) < 4.78 is 0. The van der Waals surface area contributed by atoms with Crippen molar-refractivity contribution in [2.75, 3.05) is 6.54 Å². The van der Waals surface area contributed by atoms with E-state index in [1.807, 2.05) is 13.8 Å². The highest BCUT2D eigenvalue weighted by molar-refractivity contribution is 5.76. The van der Waals surface area contributed by atoms with Gasteiger partial charge in [0, 0.05) is 4.92 Å². The summed E-state index contributed by atoms with van der Waals surface area (Å²) in [6.45, 7) is 8.52. The maximum absolute atomic E-state index is 10.5. The van der Waals surface area contributed by atoms with Crippen molar-refractivity contribution in [3.8, 4) is 0 Å². The van der Waals surface area contributed by atoms with Gasteiger partial charge in [0.15, 0.2) is 0 Å². The molecule has 0 spiro atoms. The summed E-state index contributed by atoms with van der Waals surface area (Å²) >= 11 is 0. The Labute approximate surface area is 151 Å². The van der Waals surface area contributed by atoms with Crippen molar-refractivity contribution in [1.29, 1.82) is 0 Å². The number of carbonyl (C=O) groups is 2. The average molecular weight is 371 g/mol. The minimum Gasteiger partial charge on any atom is -0.480 e. The van der Waals surface area contributed by atoms with Gasteiger partial charge in [-0.15, -0.1) is 0 Å². The van der Waals surface area contributed by atoms with Gasteiger partial charge in [0.2, 0.25) is 13.0 Å². The number of allylic oxidation sites excluding steroid dienone is 3. The zero-order valence-electron chi connectivity index (χ0n) is 15.1. The first-order valence-corrected chi connectivity index (χ1v) is 7.72. The molecule has 0 aliphatic carbocycles. The van der Waals surface area contributed by atoms with Crippen LogP contribution in [0.3, 0.4) is 0 Å². The topological polar surface area (TPSA) is 153 Å². The van der Waals surface area contributed by atoms with Gasteiger partial charge in [-0.1, -0.05) is 38.2 Å². The third-order valence-electron chi connectivity index (χ3n) is 2.94. The molecule has 0 fully saturated rings. The Hall–Kier alpha value is -3.04. The van der Waals surface area contributed by atoms with Crippen molar-refractivity contribution >= 4 is 12.4 Å². The van der Waals surface area contributed by atoms with Crippen LogP contribution in [-0.4, -0.2) is 39.9 Å². The molecule has 0 aliphatic heterocycles. The smallest absolute Gasteiger partial charge is 0.326 e. The van der Waals surface area contributed by atoms with Crippen molar-refractivity contribution < 1.29 is 24.5 Å². The third-order valence-corrected chi connectivity index (χ3v) is 2.94. The van der Waals surface area contributed by atoms with Crippen molar-refractivity contribution in [2.24, 2.45) is 5.92 Å². The van der Waals surface area contributed by atoms with Crippen LogP contribution in [0.5, 0.6) is 0 Å². The average Bonchev–Trinajstić information content (AvgIpc) is 2.53. The molecule has 146 valence electrons. The van der Waals surface area contributed by atoms with Crippen molar-refractivity contribution in [1.82, 2.24) is 5.32 Å². The predicted molar refractivity (Wildman–Crippen MR) is 95.6 cm³/mol. The molecular formula is C16H25N3O7. The van der Waals surface area contributed by atoms with E-state index in [1.54, 1.807) is 19.1 Å². The summed E-state index contributed by atoms with van der Waals surface area (Å²) in [7, 11) is 0. The van der Waals surface area contributed by atoms with Crippen LogP contribution in [0.1, 0.15) is 33.6 Å². The first-order valence-electron chi connectivity index (χ1n) is 7.72. The van der Waals surface area contributed by atoms with E-state index in [9.17, 15) is 29.8 Å². The summed E-state index contributed by atoms with van der Waals surface area (Å²) in [5.41, 5.74) is 0.622. The fourth-order valence-electron chi connectivity index (χ4n) is 1.55. The van der Waals surface area contributed by atoms with Gasteiger partial charge in [0.25, 0.3) is 5.70 Å². The highest BCUT2D eigenvalue weighted by Gasteiger charge is 2.16. The first kappa shape index (κ1) is 25.2. The maximum atomic E-state index is 10.5. The highest BCUT2D eigenvalue weighted by Crippen LogP contribution is 2.06. The molecule has 0 heterocycles. The van der Waals surface area contributed by atoms with E-state index in [1.165, 1.54) is 0 Å². The van der Waals surface area contributed by atoms with E-state index in [2.05, 4.69) is 11.9 Å². The van der Waals surface area contributed by atoms with Gasteiger partial charge >= 0.3 is 5.97 Å². The number of carboxylic acids is 1. The molecule has 0 aliphatic rings. The van der Waals surface area contributed by atoms with Crippen LogP contribution in [0.4, 0.5) is 0 Å². The molecule has 10 nitrogen and oxygen atoms in total. The van der Waals surface area contributed by atoms with Crippen LogP contribution >= 0.6 is 0 Å². The van der Waals surface area contributed by atoms with Crippen LogP contribution in [-0.2, 0) is 9.59 Å². The van der Waals surface area contributed by atoms with E-state index in [0.717, 1.165) is 11.6 Å². The molecule has 1 unspecified atom stereocenters. The third kappa shape index (κ3) is 14.5. The second-order valence-electron chi connectivity index (χ2n) is 5.63. The van der Waals surface area contributed by atoms with Gasteiger partial charge in [-0.25, -0.2) is 4.79 Å². The molecule has 10 heteroatoms. The van der Waals surface area contributed by atoms with Crippen molar-refractivity contribution in [3.05, 3.63) is 56.3 Å². The van der Waals surface area contributed by atoms with Crippen molar-refractivity contribution in [2.45, 2.75) is 39.7 Å². The number of hydrogen-bond acceptors (Lipinski definition) is 6. The van der Waals surface area contributed by atoms with E-state index in [0.29, 0.717) is 12.8 Å². The van der Waals surface area contributed by atoms with Crippen LogP contribution in [0.15, 0.2) is 36.1 Å². The lowest BCUT2D eigenvalue weighted by Crippen LogP contribution is -2.36. The van der Waals surface area contributed by atoms with Gasteiger partial charge in [0.1, 0.15) is 6.04 Å². The number of carbonyl (C=O) groups excluding carboxylic acids is 1. The Morgan fingerprint density at radius 3 is 2.19 bits per heavy atom. The molecule has 0 aromatic carbocycles. The van der Waals surface area contributed by atoms with Crippen LogP contribution in [0.2, 0.25) is 0 Å². The summed E-state index contributed by atoms with van der Waals surface area (Å²) in [6, 6.07) is -0.743. The summed E-state index contributed by atoms with van der Waals surface area (Å²) in [4.78, 5) is 39.6. The Balaban J connectivity index is 0. The number of nitro groups is 2. The summed E-state index contributed by atoms with van der Waals surface area (Å²) in [5.74, 6) is -0.714. The lowest BCUT2D eigenvalue weighted by atomic mass is 10.0. The molecule has 0 rings (SSSR count). The van der Waals surface area contributed by atoms with E-state index < -0.39 is 28.4 Å². The van der Waals surface area contributed by atoms with Gasteiger partial charge in [0.05, 0.1) is 17.4 Å². The molecule has 0 aromatic rings. The van der Waals surface area contributed by atoms with Gasteiger partial charge in [-0.3, -0.25) is 25.0 Å². The Bertz CT molecular complexity index is 568. The van der Waals surface area contributed by atoms with Crippen LogP contribution in [0, 0.1) is 26.1 Å². The second-order valence-corrected chi connectivity index (χ2v) is 5.63. The predicted octanol–water partition coefficient (Wildman–Crippen LogP) is 2.18. The molecule has 1 atom stereocenters. The lowest BCUT2D eigenvalue weighted by Gasteiger charge is -2.12. The van der Waals surface area contributed by atoms with Gasteiger partial charge in [-0.05, 0) is 19.3 Å². The normalized spacial score (nSPS) is 12.5. The number of rotatable bonds is 11. The van der Waals surface area contributed by atoms with Crippen molar-refractivity contribution in [3.63, 3.8) is 0 Å². The minimum atomic E-state index is -0.981. The first-order chi connectivity index (χ1) is 12.0. The number of carboxylic acid groups (broad SMARTS) is 1. The standard InChI is InChI=1S/C9H12N2O4.C7H13NO3/c1-3-8(2)4-5-9(11(14)15)6-7-10(12)13;1-5(2)3-6(7(10)11)8-4-9/h3-4,6H,1,5,7H2,2H3;4-6H,3H2,1-2H3,(H,8,9)(H,10,11)/b8-4-,9-6+;. The molecule has 0 saturated heterocycles. The van der Waals surface area contributed by atoms with Crippen LogP contribution in [0.25, 0.3) is 0 Å². The molecule has 0 saturated carbocycles. The molecule has 0 bridgehead atoms. The molecule has 1 amide bonds. The zero-order valence-corrected chi connectivity index (χ0v) is 15.1. The maximum Gasteiger partial charge on any atom is 0.326 e. The lowest BCUT2D eigenvalue weighted by molar-refractivity contribution is -0.472. The summed E-state index contributed by atoms with van der Waals surface area (Å²) in [5, 5.41) is 31.3. The van der Waals surface area contributed by atoms with E-state index in [4.69, 9.17) is 5.11 Å². The summed E-state index contributed by atoms with van der Waals surface area (Å²) in [6.07, 6.45) is 5.12. The van der Waals surface area contributed by atoms with Gasteiger partial charge in [-0.2, -0.15) is 0 Å². The number of nitrogens with zero attached hydrogens (tertiary/aromatic N) is 2. The Kier molecular flexibility index (Phi) is 13.9. The molecule has 26 heavy (non-hydrogen) atoms. The fourth-order valence-corrected chi connectivity index (χ4v) is 1.55. The zero-order chi connectivity index (χ0) is 20.7. The molecule has 2 N–H and O–H groups in total. The second kappa shape index (κ2) is 14.3. The number of hydrogen-bond donors (Lipinski definition) is 2. The van der Waals surface area contributed by atoms with E-state index in [-0.39, 0.29) is 18.0 Å². The van der Waals surface area contributed by atoms with Crippen LogP contribution < -0.4 is 5.32 Å². The monoisotopic (exact) mass is 371 g/mol. The van der Waals surface area contributed by atoms with Gasteiger partial charge < -0.3 is 10.4 Å². The highest BCUT2D eigenvalue weighted by atomic mass is 16.6.